The molecule has 3 aromatic carbocycles. The fourth-order valence-corrected chi connectivity index (χ4v) is 2.80. The maximum Gasteiger partial charge on any atom is 0.238 e. The van der Waals surface area contributed by atoms with Gasteiger partial charge in [0.1, 0.15) is 24.7 Å². The molecule has 3 aromatic rings. The Labute approximate surface area is 171 Å². The quantitative estimate of drug-likeness (QED) is 0.487. The first-order valence-corrected chi connectivity index (χ1v) is 9.75. The van der Waals surface area contributed by atoms with Crippen molar-refractivity contribution in [1.29, 1.82) is 0 Å². The Kier molecular flexibility index (Phi) is 8.11. The number of hydrogen-bond donors (Lipinski definition) is 2. The van der Waals surface area contributed by atoms with Gasteiger partial charge in [0.2, 0.25) is 5.91 Å². The zero-order valence-corrected chi connectivity index (χ0v) is 16.3. The third-order valence-corrected chi connectivity index (χ3v) is 4.23. The number of carbonyl (C=O) groups is 1. The van der Waals surface area contributed by atoms with E-state index in [-0.39, 0.29) is 12.5 Å². The molecule has 3 rings (SSSR count). The molecular weight excluding hydrogens is 364 g/mol. The summed E-state index contributed by atoms with van der Waals surface area (Å²) in [6.45, 7) is 1.80. The van der Waals surface area contributed by atoms with Crippen molar-refractivity contribution in [2.75, 3.05) is 31.6 Å². The molecule has 0 saturated carbocycles. The number of carbonyl (C=O) groups excluding carboxylic acids is 1. The van der Waals surface area contributed by atoms with Crippen molar-refractivity contribution in [3.05, 3.63) is 90.5 Å². The standard InChI is InChI=1S/C24H26N2O3/c27-24(19-25-16-15-20-9-3-1-4-10-20)26-22-13-7-8-14-23(22)29-18-17-28-21-11-5-2-6-12-21/h1-14,25H,15-19H2,(H,26,27). The van der Waals surface area contributed by atoms with Crippen LogP contribution in [0, 0.1) is 0 Å². The van der Waals surface area contributed by atoms with Crippen LogP contribution in [0.1, 0.15) is 5.56 Å². The van der Waals surface area contributed by atoms with Crippen LogP contribution >= 0.6 is 0 Å². The first-order valence-electron chi connectivity index (χ1n) is 9.75. The van der Waals surface area contributed by atoms with Crippen molar-refractivity contribution in [3.8, 4) is 11.5 Å². The molecule has 5 heteroatoms. The van der Waals surface area contributed by atoms with Crippen LogP contribution in [0.15, 0.2) is 84.9 Å². The molecule has 0 atom stereocenters. The van der Waals surface area contributed by atoms with E-state index in [9.17, 15) is 4.79 Å². The number of benzene rings is 3. The summed E-state index contributed by atoms with van der Waals surface area (Å²) in [5.41, 5.74) is 1.90. The number of para-hydroxylation sites is 3. The molecule has 2 N–H and O–H groups in total. The third-order valence-electron chi connectivity index (χ3n) is 4.23. The molecule has 0 saturated heterocycles. The summed E-state index contributed by atoms with van der Waals surface area (Å²) in [4.78, 5) is 12.2. The third kappa shape index (κ3) is 7.31. The van der Waals surface area contributed by atoms with E-state index in [1.807, 2.05) is 72.8 Å². The fraction of sp³-hybridized carbons (Fsp3) is 0.208. The summed E-state index contributed by atoms with van der Waals surface area (Å²) >= 11 is 0. The molecule has 150 valence electrons. The smallest absolute Gasteiger partial charge is 0.238 e. The Morgan fingerprint density at radius 3 is 2.21 bits per heavy atom. The van der Waals surface area contributed by atoms with Crippen LogP contribution < -0.4 is 20.1 Å². The Bertz CT molecular complexity index is 870. The van der Waals surface area contributed by atoms with Gasteiger partial charge in [0, 0.05) is 0 Å². The summed E-state index contributed by atoms with van der Waals surface area (Å²) in [7, 11) is 0. The van der Waals surface area contributed by atoms with Gasteiger partial charge in [-0.15, -0.1) is 0 Å². The van der Waals surface area contributed by atoms with E-state index < -0.39 is 0 Å². The Hall–Kier alpha value is -3.31. The molecule has 5 nitrogen and oxygen atoms in total. The van der Waals surface area contributed by atoms with Crippen LogP contribution in [0.2, 0.25) is 0 Å². The highest BCUT2D eigenvalue weighted by molar-refractivity contribution is 5.93. The van der Waals surface area contributed by atoms with Crippen molar-refractivity contribution in [2.24, 2.45) is 0 Å². The molecule has 0 aliphatic heterocycles. The lowest BCUT2D eigenvalue weighted by molar-refractivity contribution is -0.115. The molecular formula is C24H26N2O3. The monoisotopic (exact) mass is 390 g/mol. The number of amides is 1. The summed E-state index contributed by atoms with van der Waals surface area (Å²) in [6, 6.07) is 27.2. The van der Waals surface area contributed by atoms with Crippen molar-refractivity contribution < 1.29 is 14.3 Å². The van der Waals surface area contributed by atoms with Gasteiger partial charge in [-0.2, -0.15) is 0 Å². The van der Waals surface area contributed by atoms with Gasteiger partial charge in [-0.1, -0.05) is 60.7 Å². The van der Waals surface area contributed by atoms with Gasteiger partial charge in [-0.25, -0.2) is 0 Å². The predicted molar refractivity (Wildman–Crippen MR) is 116 cm³/mol. The summed E-state index contributed by atoms with van der Waals surface area (Å²) < 4.78 is 11.4. The minimum atomic E-state index is -0.102. The maximum atomic E-state index is 12.2. The second-order valence-corrected chi connectivity index (χ2v) is 6.47. The molecule has 0 aromatic heterocycles. The molecule has 1 amide bonds. The van der Waals surface area contributed by atoms with Gasteiger partial charge in [-0.05, 0) is 42.8 Å². The van der Waals surface area contributed by atoms with E-state index in [1.54, 1.807) is 0 Å². The van der Waals surface area contributed by atoms with E-state index in [0.717, 1.165) is 18.7 Å². The minimum Gasteiger partial charge on any atom is -0.490 e. The lowest BCUT2D eigenvalue weighted by Crippen LogP contribution is -2.29. The molecule has 0 radical (unpaired) electrons. The highest BCUT2D eigenvalue weighted by atomic mass is 16.5. The highest BCUT2D eigenvalue weighted by Gasteiger charge is 2.07. The predicted octanol–water partition coefficient (Wildman–Crippen LogP) is 3.92. The largest absolute Gasteiger partial charge is 0.490 e. The molecule has 0 aliphatic rings. The van der Waals surface area contributed by atoms with Crippen LogP contribution in [-0.4, -0.2) is 32.2 Å². The van der Waals surface area contributed by atoms with Gasteiger partial charge in [0.25, 0.3) is 0 Å². The zero-order valence-electron chi connectivity index (χ0n) is 16.3. The molecule has 0 aliphatic carbocycles. The van der Waals surface area contributed by atoms with Crippen LogP contribution in [0.3, 0.4) is 0 Å². The average molecular weight is 390 g/mol. The number of hydrogen-bond acceptors (Lipinski definition) is 4. The molecule has 29 heavy (non-hydrogen) atoms. The molecule has 0 bridgehead atoms. The van der Waals surface area contributed by atoms with E-state index in [1.165, 1.54) is 5.56 Å². The van der Waals surface area contributed by atoms with Gasteiger partial charge >= 0.3 is 0 Å². The number of nitrogens with one attached hydrogen (secondary N) is 2. The molecule has 0 fully saturated rings. The Morgan fingerprint density at radius 1 is 0.759 bits per heavy atom. The Morgan fingerprint density at radius 2 is 1.41 bits per heavy atom. The minimum absolute atomic E-state index is 0.102. The van der Waals surface area contributed by atoms with Crippen LogP contribution in [0.5, 0.6) is 11.5 Å². The van der Waals surface area contributed by atoms with E-state index >= 15 is 0 Å². The van der Waals surface area contributed by atoms with Crippen molar-refractivity contribution in [2.45, 2.75) is 6.42 Å². The fourth-order valence-electron chi connectivity index (χ4n) is 2.80. The lowest BCUT2D eigenvalue weighted by Gasteiger charge is -2.13. The normalized spacial score (nSPS) is 10.3. The van der Waals surface area contributed by atoms with E-state index in [2.05, 4.69) is 22.8 Å². The van der Waals surface area contributed by atoms with Crippen LogP contribution in [-0.2, 0) is 11.2 Å². The zero-order chi connectivity index (χ0) is 20.2. The maximum absolute atomic E-state index is 12.2. The average Bonchev–Trinajstić information content (AvgIpc) is 2.77. The lowest BCUT2D eigenvalue weighted by atomic mass is 10.1. The van der Waals surface area contributed by atoms with Crippen LogP contribution in [0.25, 0.3) is 0 Å². The Balaban J connectivity index is 1.39. The topological polar surface area (TPSA) is 59.6 Å². The SMILES string of the molecule is O=C(CNCCc1ccccc1)Nc1ccccc1OCCOc1ccccc1. The highest BCUT2D eigenvalue weighted by Crippen LogP contribution is 2.23. The summed E-state index contributed by atoms with van der Waals surface area (Å²) in [5.74, 6) is 1.33. The first-order chi connectivity index (χ1) is 14.3. The number of ether oxygens (including phenoxy) is 2. The van der Waals surface area contributed by atoms with E-state index in [4.69, 9.17) is 9.47 Å². The molecule has 0 heterocycles. The van der Waals surface area contributed by atoms with Gasteiger partial charge in [-0.3, -0.25) is 4.79 Å². The van der Waals surface area contributed by atoms with Gasteiger partial charge in [0.05, 0.1) is 12.2 Å². The van der Waals surface area contributed by atoms with Gasteiger partial charge < -0.3 is 20.1 Å². The van der Waals surface area contributed by atoms with Gasteiger partial charge in [0.15, 0.2) is 0 Å². The second-order valence-electron chi connectivity index (χ2n) is 6.47. The second kappa shape index (κ2) is 11.5. The van der Waals surface area contributed by atoms with Crippen molar-refractivity contribution in [3.63, 3.8) is 0 Å². The van der Waals surface area contributed by atoms with Crippen molar-refractivity contribution >= 4 is 11.6 Å². The van der Waals surface area contributed by atoms with E-state index in [0.29, 0.717) is 24.7 Å². The summed E-state index contributed by atoms with van der Waals surface area (Å²) in [6.07, 6.45) is 0.884. The summed E-state index contributed by atoms with van der Waals surface area (Å²) in [5, 5.41) is 6.07. The number of anilines is 1. The van der Waals surface area contributed by atoms with Crippen molar-refractivity contribution in [1.82, 2.24) is 5.32 Å². The molecule has 0 unspecified atom stereocenters. The number of rotatable bonds is 11. The van der Waals surface area contributed by atoms with Crippen LogP contribution in [0.4, 0.5) is 5.69 Å². The molecule has 0 spiro atoms. The first kappa shape index (κ1) is 20.4.